The fourth-order valence-corrected chi connectivity index (χ4v) is 3.58. The number of anilines is 1. The number of benzene rings is 2. The van der Waals surface area contributed by atoms with Gasteiger partial charge in [0, 0.05) is 42.4 Å². The molecule has 1 amide bonds. The maximum atomic E-state index is 12.7. The van der Waals surface area contributed by atoms with E-state index in [2.05, 4.69) is 15.4 Å². The zero-order valence-electron chi connectivity index (χ0n) is 18.0. The molecular formula is C25H18ClN5O3. The van der Waals surface area contributed by atoms with Gasteiger partial charge in [-0.05, 0) is 60.7 Å². The second-order valence-electron chi connectivity index (χ2n) is 7.50. The molecule has 3 heterocycles. The Balaban J connectivity index is 1.33. The number of carbonyl (C=O) groups is 1. The molecule has 0 spiro atoms. The Kier molecular flexibility index (Phi) is 5.57. The van der Waals surface area contributed by atoms with Crippen LogP contribution in [0.3, 0.4) is 0 Å². The molecule has 0 radical (unpaired) electrons. The second kappa shape index (κ2) is 8.84. The minimum atomic E-state index is -0.609. The third kappa shape index (κ3) is 4.26. The summed E-state index contributed by atoms with van der Waals surface area (Å²) in [5, 5.41) is 8.37. The Morgan fingerprint density at radius 1 is 0.971 bits per heavy atom. The van der Waals surface area contributed by atoms with Crippen LogP contribution in [0.15, 0.2) is 90.1 Å². The Bertz CT molecular complexity index is 1560. The van der Waals surface area contributed by atoms with Crippen LogP contribution >= 0.6 is 11.6 Å². The number of hydrogen-bond donors (Lipinski definition) is 1. The fraction of sp³-hybridized carbons (Fsp3) is 0.0400. The number of fused-ring (bicyclic) bond motifs is 1. The highest BCUT2D eigenvalue weighted by molar-refractivity contribution is 6.30. The molecule has 0 saturated carbocycles. The van der Waals surface area contributed by atoms with Gasteiger partial charge in [-0.3, -0.25) is 9.59 Å². The first-order chi connectivity index (χ1) is 16.5. The molecule has 3 aromatic heterocycles. The predicted octanol–water partition coefficient (Wildman–Crippen LogP) is 4.82. The third-order valence-corrected chi connectivity index (χ3v) is 5.43. The van der Waals surface area contributed by atoms with E-state index in [9.17, 15) is 9.59 Å². The van der Waals surface area contributed by atoms with Crippen molar-refractivity contribution in [3.05, 3.63) is 106 Å². The molecule has 0 fully saturated rings. The van der Waals surface area contributed by atoms with Gasteiger partial charge in [0.05, 0.1) is 11.1 Å². The highest BCUT2D eigenvalue weighted by Crippen LogP contribution is 2.29. The topological polar surface area (TPSA) is 91.0 Å². The van der Waals surface area contributed by atoms with Crippen LogP contribution in [0, 0.1) is 0 Å². The van der Waals surface area contributed by atoms with Crippen LogP contribution in [0.1, 0.15) is 10.5 Å². The summed E-state index contributed by atoms with van der Waals surface area (Å²) >= 11 is 5.92. The monoisotopic (exact) mass is 471 g/mol. The lowest BCUT2D eigenvalue weighted by atomic mass is 10.2. The van der Waals surface area contributed by atoms with Gasteiger partial charge < -0.3 is 14.6 Å². The summed E-state index contributed by atoms with van der Waals surface area (Å²) in [5.41, 5.74) is 1.29. The Hall–Kier alpha value is -4.43. The van der Waals surface area contributed by atoms with Crippen molar-refractivity contribution in [2.24, 2.45) is 7.05 Å². The number of hydrogen-bond acceptors (Lipinski definition) is 5. The summed E-state index contributed by atoms with van der Waals surface area (Å²) in [4.78, 5) is 29.4. The van der Waals surface area contributed by atoms with Gasteiger partial charge in [0.25, 0.3) is 5.91 Å². The van der Waals surface area contributed by atoms with Crippen LogP contribution in [-0.4, -0.2) is 25.2 Å². The summed E-state index contributed by atoms with van der Waals surface area (Å²) < 4.78 is 9.36. The van der Waals surface area contributed by atoms with E-state index in [1.807, 2.05) is 23.9 Å². The van der Waals surface area contributed by atoms with Crippen LogP contribution in [0.25, 0.3) is 16.7 Å². The molecule has 2 aromatic carbocycles. The number of amides is 1. The van der Waals surface area contributed by atoms with E-state index >= 15 is 0 Å². The maximum absolute atomic E-state index is 12.7. The summed E-state index contributed by atoms with van der Waals surface area (Å²) in [5.74, 6) is 0.665. The van der Waals surface area contributed by atoms with Crippen LogP contribution in [0.4, 0.5) is 5.69 Å². The Labute approximate surface area is 199 Å². The van der Waals surface area contributed by atoms with E-state index in [-0.39, 0.29) is 5.69 Å². The minimum absolute atomic E-state index is 0.221. The molecule has 0 atom stereocenters. The standard InChI is InChI=1S/C25H18ClN5O3/c1-30-14-11-20-22(10-13-27-24(20)30)34-19-8-4-17(5-9-19)28-25(33)23-21(32)12-15-31(29-23)18-6-2-16(26)3-7-18/h2-15H,1H3,(H,28,33). The molecule has 9 heteroatoms. The van der Waals surface area contributed by atoms with Crippen molar-refractivity contribution in [1.29, 1.82) is 0 Å². The number of halogens is 1. The maximum Gasteiger partial charge on any atom is 0.280 e. The van der Waals surface area contributed by atoms with Crippen LogP contribution < -0.4 is 15.5 Å². The van der Waals surface area contributed by atoms with Crippen molar-refractivity contribution in [2.75, 3.05) is 5.32 Å². The Morgan fingerprint density at radius 3 is 2.50 bits per heavy atom. The quantitative estimate of drug-likeness (QED) is 0.397. The van der Waals surface area contributed by atoms with E-state index in [4.69, 9.17) is 16.3 Å². The minimum Gasteiger partial charge on any atom is -0.457 e. The Morgan fingerprint density at radius 2 is 1.74 bits per heavy atom. The lowest BCUT2D eigenvalue weighted by Gasteiger charge is -2.10. The van der Waals surface area contributed by atoms with Crippen molar-refractivity contribution in [2.45, 2.75) is 0 Å². The van der Waals surface area contributed by atoms with Crippen LogP contribution in [-0.2, 0) is 7.05 Å². The molecular weight excluding hydrogens is 454 g/mol. The number of carbonyl (C=O) groups excluding carboxylic acids is 1. The molecule has 0 saturated heterocycles. The second-order valence-corrected chi connectivity index (χ2v) is 7.94. The van der Waals surface area contributed by atoms with Gasteiger partial charge in [-0.25, -0.2) is 9.67 Å². The number of ether oxygens (including phenoxy) is 1. The number of aromatic nitrogens is 4. The third-order valence-electron chi connectivity index (χ3n) is 5.18. The van der Waals surface area contributed by atoms with Gasteiger partial charge in [-0.2, -0.15) is 5.10 Å². The number of nitrogens with zero attached hydrogens (tertiary/aromatic N) is 4. The van der Waals surface area contributed by atoms with Crippen molar-refractivity contribution in [3.8, 4) is 17.2 Å². The molecule has 1 N–H and O–H groups in total. The van der Waals surface area contributed by atoms with Gasteiger partial charge in [-0.1, -0.05) is 11.6 Å². The molecule has 5 rings (SSSR count). The van der Waals surface area contributed by atoms with E-state index in [1.165, 1.54) is 16.9 Å². The van der Waals surface area contributed by atoms with Crippen molar-refractivity contribution in [1.82, 2.24) is 19.3 Å². The van der Waals surface area contributed by atoms with E-state index < -0.39 is 11.3 Å². The van der Waals surface area contributed by atoms with E-state index in [0.717, 1.165) is 11.0 Å². The highest BCUT2D eigenvalue weighted by atomic mass is 35.5. The summed E-state index contributed by atoms with van der Waals surface area (Å²) in [6.07, 6.45) is 5.11. The van der Waals surface area contributed by atoms with Gasteiger partial charge in [0.1, 0.15) is 17.1 Å². The number of aryl methyl sites for hydroxylation is 1. The van der Waals surface area contributed by atoms with Crippen LogP contribution in [0.5, 0.6) is 11.5 Å². The lowest BCUT2D eigenvalue weighted by molar-refractivity contribution is 0.101. The normalized spacial score (nSPS) is 10.9. The van der Waals surface area contributed by atoms with Gasteiger partial charge in [0.15, 0.2) is 5.69 Å². The molecule has 8 nitrogen and oxygen atoms in total. The first kappa shape index (κ1) is 21.4. The molecule has 34 heavy (non-hydrogen) atoms. The number of pyridine rings is 1. The first-order valence-electron chi connectivity index (χ1n) is 10.3. The zero-order valence-corrected chi connectivity index (χ0v) is 18.7. The van der Waals surface area contributed by atoms with Crippen molar-refractivity contribution < 1.29 is 9.53 Å². The fourth-order valence-electron chi connectivity index (χ4n) is 3.45. The summed E-state index contributed by atoms with van der Waals surface area (Å²) in [7, 11) is 1.92. The van der Waals surface area contributed by atoms with Crippen molar-refractivity contribution in [3.63, 3.8) is 0 Å². The number of rotatable bonds is 5. The molecule has 168 valence electrons. The molecule has 0 aliphatic carbocycles. The van der Waals surface area contributed by atoms with Gasteiger partial charge >= 0.3 is 0 Å². The smallest absolute Gasteiger partial charge is 0.280 e. The number of nitrogens with one attached hydrogen (secondary N) is 1. The average Bonchev–Trinajstić information content (AvgIpc) is 3.23. The summed E-state index contributed by atoms with van der Waals surface area (Å²) in [6, 6.07) is 18.8. The first-order valence-corrected chi connectivity index (χ1v) is 10.7. The molecule has 0 aliphatic heterocycles. The van der Waals surface area contributed by atoms with E-state index in [1.54, 1.807) is 60.8 Å². The largest absolute Gasteiger partial charge is 0.457 e. The van der Waals surface area contributed by atoms with Crippen LogP contribution in [0.2, 0.25) is 5.02 Å². The zero-order chi connectivity index (χ0) is 23.7. The molecule has 0 aliphatic rings. The SMILES string of the molecule is Cn1ccc2c(Oc3ccc(NC(=O)c4nn(-c5ccc(Cl)cc5)ccc4=O)cc3)ccnc21. The van der Waals surface area contributed by atoms with Gasteiger partial charge in [0.2, 0.25) is 5.43 Å². The molecule has 0 bridgehead atoms. The average molecular weight is 472 g/mol. The van der Waals surface area contributed by atoms with Crippen molar-refractivity contribution >= 4 is 34.2 Å². The lowest BCUT2D eigenvalue weighted by Crippen LogP contribution is -2.25. The van der Waals surface area contributed by atoms with E-state index in [0.29, 0.717) is 27.9 Å². The molecule has 5 aromatic rings. The molecule has 0 unspecified atom stereocenters. The summed E-state index contributed by atoms with van der Waals surface area (Å²) in [6.45, 7) is 0. The van der Waals surface area contributed by atoms with Gasteiger partial charge in [-0.15, -0.1) is 0 Å². The predicted molar refractivity (Wildman–Crippen MR) is 130 cm³/mol. The highest BCUT2D eigenvalue weighted by Gasteiger charge is 2.14.